The Morgan fingerprint density at radius 3 is 2.67 bits per heavy atom. The van der Waals surface area contributed by atoms with Crippen LogP contribution in [0.3, 0.4) is 0 Å². The second-order valence-electron chi connectivity index (χ2n) is 5.01. The Hall–Kier alpha value is -1.80. The number of anilines is 1. The van der Waals surface area contributed by atoms with Crippen molar-refractivity contribution < 1.29 is 17.9 Å². The van der Waals surface area contributed by atoms with E-state index in [1.165, 1.54) is 32.4 Å². The molecule has 1 aromatic carbocycles. The summed E-state index contributed by atoms with van der Waals surface area (Å²) < 4.78 is 30.8. The predicted octanol–water partition coefficient (Wildman–Crippen LogP) is 0.177. The molecule has 1 aromatic rings. The molecule has 116 valence electrons. The Labute approximate surface area is 124 Å². The van der Waals surface area contributed by atoms with Gasteiger partial charge in [0.15, 0.2) is 0 Å². The fraction of sp³-hybridized carbons (Fsp3) is 0.462. The number of methoxy groups -OCH3 is 1. The van der Waals surface area contributed by atoms with Gasteiger partial charge < -0.3 is 15.8 Å². The Morgan fingerprint density at radius 2 is 2.14 bits per heavy atom. The van der Waals surface area contributed by atoms with E-state index in [4.69, 9.17) is 10.5 Å². The van der Waals surface area contributed by atoms with Crippen LogP contribution >= 0.6 is 0 Å². The minimum Gasteiger partial charge on any atom is -0.497 e. The lowest BCUT2D eigenvalue weighted by molar-refractivity contribution is -0.121. The van der Waals surface area contributed by atoms with Crippen molar-refractivity contribution in [2.24, 2.45) is 0 Å². The van der Waals surface area contributed by atoms with Crippen LogP contribution in [-0.4, -0.2) is 45.4 Å². The first-order valence-electron chi connectivity index (χ1n) is 6.54. The molecular weight excluding hydrogens is 294 g/mol. The van der Waals surface area contributed by atoms with Gasteiger partial charge in [0.1, 0.15) is 10.6 Å². The summed E-state index contributed by atoms with van der Waals surface area (Å²) >= 11 is 0. The second-order valence-corrected chi connectivity index (χ2v) is 7.02. The molecule has 0 radical (unpaired) electrons. The SMILES string of the molecule is COc1ccc(S(=O)(=O)N(C)CC(=O)NC2CC2)c(N)c1. The number of ether oxygens (including phenoxy) is 1. The summed E-state index contributed by atoms with van der Waals surface area (Å²) in [5, 5.41) is 2.74. The molecule has 0 unspecified atom stereocenters. The highest BCUT2D eigenvalue weighted by molar-refractivity contribution is 7.89. The number of nitrogens with one attached hydrogen (secondary N) is 1. The van der Waals surface area contributed by atoms with E-state index >= 15 is 0 Å². The third-order valence-corrected chi connectivity index (χ3v) is 5.09. The molecule has 0 saturated heterocycles. The van der Waals surface area contributed by atoms with E-state index in [-0.39, 0.29) is 29.1 Å². The number of benzene rings is 1. The van der Waals surface area contributed by atoms with Crippen molar-refractivity contribution >= 4 is 21.6 Å². The lowest BCUT2D eigenvalue weighted by Gasteiger charge is -2.18. The highest BCUT2D eigenvalue weighted by atomic mass is 32.2. The Balaban J connectivity index is 2.14. The summed E-state index contributed by atoms with van der Waals surface area (Å²) in [6.07, 6.45) is 1.90. The van der Waals surface area contributed by atoms with E-state index in [2.05, 4.69) is 5.32 Å². The molecule has 3 N–H and O–H groups in total. The van der Waals surface area contributed by atoms with Crippen molar-refractivity contribution in [3.8, 4) is 5.75 Å². The van der Waals surface area contributed by atoms with E-state index < -0.39 is 10.0 Å². The van der Waals surface area contributed by atoms with Gasteiger partial charge in [-0.05, 0) is 25.0 Å². The van der Waals surface area contributed by atoms with Gasteiger partial charge in [-0.2, -0.15) is 4.31 Å². The summed E-state index contributed by atoms with van der Waals surface area (Å²) in [6, 6.07) is 4.52. The van der Waals surface area contributed by atoms with Crippen LogP contribution in [0.2, 0.25) is 0 Å². The second kappa shape index (κ2) is 5.90. The minimum atomic E-state index is -3.81. The molecule has 1 amide bonds. The zero-order chi connectivity index (χ0) is 15.6. The van der Waals surface area contributed by atoms with Crippen molar-refractivity contribution in [1.82, 2.24) is 9.62 Å². The first-order valence-corrected chi connectivity index (χ1v) is 7.98. The molecule has 0 aliphatic heterocycles. The van der Waals surface area contributed by atoms with E-state index in [1.54, 1.807) is 0 Å². The minimum absolute atomic E-state index is 0.0370. The molecule has 2 rings (SSSR count). The smallest absolute Gasteiger partial charge is 0.245 e. The number of carbonyl (C=O) groups excluding carboxylic acids is 1. The fourth-order valence-electron chi connectivity index (χ4n) is 1.84. The molecule has 21 heavy (non-hydrogen) atoms. The van der Waals surface area contributed by atoms with Crippen LogP contribution in [0.15, 0.2) is 23.1 Å². The topological polar surface area (TPSA) is 102 Å². The number of amides is 1. The highest BCUT2D eigenvalue weighted by Crippen LogP contribution is 2.26. The van der Waals surface area contributed by atoms with E-state index in [0.717, 1.165) is 17.1 Å². The number of sulfonamides is 1. The summed E-state index contributed by atoms with van der Waals surface area (Å²) in [6.45, 7) is -0.232. The third kappa shape index (κ3) is 3.64. The number of nitrogen functional groups attached to an aromatic ring is 1. The van der Waals surface area contributed by atoms with Crippen molar-refractivity contribution in [3.05, 3.63) is 18.2 Å². The molecule has 1 aliphatic rings. The van der Waals surface area contributed by atoms with Gasteiger partial charge in [0.2, 0.25) is 15.9 Å². The number of likely N-dealkylation sites (N-methyl/N-ethyl adjacent to an activating group) is 1. The van der Waals surface area contributed by atoms with E-state index in [9.17, 15) is 13.2 Å². The van der Waals surface area contributed by atoms with Crippen molar-refractivity contribution in [2.75, 3.05) is 26.4 Å². The normalized spacial score (nSPS) is 15.0. The zero-order valence-corrected chi connectivity index (χ0v) is 12.8. The number of nitrogens with zero attached hydrogens (tertiary/aromatic N) is 1. The van der Waals surface area contributed by atoms with Crippen LogP contribution in [0.1, 0.15) is 12.8 Å². The van der Waals surface area contributed by atoms with Crippen LogP contribution in [0.25, 0.3) is 0 Å². The number of carbonyl (C=O) groups is 1. The van der Waals surface area contributed by atoms with Gasteiger partial charge >= 0.3 is 0 Å². The maximum atomic E-state index is 12.4. The average Bonchev–Trinajstić information content (AvgIpc) is 3.21. The van der Waals surface area contributed by atoms with Gasteiger partial charge in [-0.3, -0.25) is 4.79 Å². The van der Waals surface area contributed by atoms with Gasteiger partial charge in [0.25, 0.3) is 0 Å². The lowest BCUT2D eigenvalue weighted by atomic mass is 10.3. The summed E-state index contributed by atoms with van der Waals surface area (Å²) in [5.74, 6) is 0.163. The molecule has 0 atom stereocenters. The lowest BCUT2D eigenvalue weighted by Crippen LogP contribution is -2.39. The Morgan fingerprint density at radius 1 is 1.48 bits per heavy atom. The van der Waals surface area contributed by atoms with Gasteiger partial charge in [-0.1, -0.05) is 0 Å². The highest BCUT2D eigenvalue weighted by Gasteiger charge is 2.28. The third-order valence-electron chi connectivity index (χ3n) is 3.21. The number of nitrogens with two attached hydrogens (primary N) is 1. The zero-order valence-electron chi connectivity index (χ0n) is 12.0. The molecule has 0 heterocycles. The summed E-state index contributed by atoms with van der Waals surface area (Å²) in [5.41, 5.74) is 5.84. The molecular formula is C13H19N3O4S. The van der Waals surface area contributed by atoms with Crippen LogP contribution < -0.4 is 15.8 Å². The first-order chi connectivity index (χ1) is 9.84. The number of hydrogen-bond donors (Lipinski definition) is 2. The van der Waals surface area contributed by atoms with Crippen molar-refractivity contribution in [2.45, 2.75) is 23.8 Å². The van der Waals surface area contributed by atoms with Crippen LogP contribution in [0.5, 0.6) is 5.75 Å². The molecule has 0 spiro atoms. The van der Waals surface area contributed by atoms with Gasteiger partial charge in [-0.15, -0.1) is 0 Å². The molecule has 0 aromatic heterocycles. The Kier molecular flexibility index (Phi) is 4.38. The molecule has 7 nitrogen and oxygen atoms in total. The van der Waals surface area contributed by atoms with Gasteiger partial charge in [-0.25, -0.2) is 8.42 Å². The Bertz CT molecular complexity index is 641. The maximum absolute atomic E-state index is 12.4. The van der Waals surface area contributed by atoms with Gasteiger partial charge in [0.05, 0.1) is 19.3 Å². The van der Waals surface area contributed by atoms with Crippen LogP contribution in [0, 0.1) is 0 Å². The average molecular weight is 313 g/mol. The largest absolute Gasteiger partial charge is 0.497 e. The van der Waals surface area contributed by atoms with Crippen LogP contribution in [0.4, 0.5) is 5.69 Å². The predicted molar refractivity (Wildman–Crippen MR) is 78.4 cm³/mol. The quantitative estimate of drug-likeness (QED) is 0.729. The van der Waals surface area contributed by atoms with Crippen molar-refractivity contribution in [3.63, 3.8) is 0 Å². The first kappa shape index (κ1) is 15.6. The number of hydrogen-bond acceptors (Lipinski definition) is 5. The van der Waals surface area contributed by atoms with Crippen LogP contribution in [-0.2, 0) is 14.8 Å². The van der Waals surface area contributed by atoms with Crippen molar-refractivity contribution in [1.29, 1.82) is 0 Å². The molecule has 0 bridgehead atoms. The van der Waals surface area contributed by atoms with E-state index in [1.807, 2.05) is 0 Å². The summed E-state index contributed by atoms with van der Waals surface area (Å²) in [7, 11) is -0.991. The number of rotatable bonds is 6. The van der Waals surface area contributed by atoms with E-state index in [0.29, 0.717) is 5.75 Å². The summed E-state index contributed by atoms with van der Waals surface area (Å²) in [4.78, 5) is 11.7. The standard InChI is InChI=1S/C13H19N3O4S/c1-16(8-13(17)15-9-3-4-9)21(18,19)12-6-5-10(20-2)7-11(12)14/h5-7,9H,3-4,8,14H2,1-2H3,(H,15,17). The molecule has 1 aliphatic carbocycles. The monoisotopic (exact) mass is 313 g/mol. The molecule has 1 saturated carbocycles. The van der Waals surface area contributed by atoms with Gasteiger partial charge in [0, 0.05) is 19.2 Å². The maximum Gasteiger partial charge on any atom is 0.245 e. The molecule has 1 fully saturated rings. The molecule has 8 heteroatoms. The fourth-order valence-corrected chi connectivity index (χ4v) is 3.06.